The summed E-state index contributed by atoms with van der Waals surface area (Å²) in [5.74, 6) is -0.265. The third kappa shape index (κ3) is 4.00. The molecule has 2 aromatic rings. The van der Waals surface area contributed by atoms with Crippen molar-refractivity contribution in [1.82, 2.24) is 0 Å². The molecule has 0 spiro atoms. The van der Waals surface area contributed by atoms with E-state index in [0.29, 0.717) is 22.7 Å². The Morgan fingerprint density at radius 3 is 2.30 bits per heavy atom. The zero-order valence-electron chi connectivity index (χ0n) is 12.2. The van der Waals surface area contributed by atoms with Crippen LogP contribution in [-0.2, 0) is 9.53 Å². The van der Waals surface area contributed by atoms with E-state index >= 15 is 0 Å². The van der Waals surface area contributed by atoms with Gasteiger partial charge in [0.05, 0.1) is 0 Å². The molecule has 0 radical (unpaired) electrons. The Morgan fingerprint density at radius 2 is 1.74 bits per heavy atom. The normalized spacial score (nSPS) is 17.0. The molecule has 1 aromatic heterocycles. The molecular weight excluding hydrogens is 364 g/mol. The largest absolute Gasteiger partial charge is 0.444 e. The summed E-state index contributed by atoms with van der Waals surface area (Å²) in [7, 11) is 0. The quantitative estimate of drug-likeness (QED) is 0.853. The SMILES string of the molecule is O=C(Nc1ccc(NC(=O)C2CCCO2)cc1)c1ccc(Br)o1. The number of amides is 2. The highest BCUT2D eigenvalue weighted by atomic mass is 79.9. The summed E-state index contributed by atoms with van der Waals surface area (Å²) in [6.07, 6.45) is 1.29. The molecule has 0 aliphatic carbocycles. The molecule has 2 heterocycles. The first-order valence-electron chi connectivity index (χ1n) is 7.21. The van der Waals surface area contributed by atoms with Gasteiger partial charge < -0.3 is 19.8 Å². The van der Waals surface area contributed by atoms with Crippen LogP contribution in [-0.4, -0.2) is 24.5 Å². The van der Waals surface area contributed by atoms with Crippen molar-refractivity contribution in [3.63, 3.8) is 0 Å². The fourth-order valence-electron chi connectivity index (χ4n) is 2.27. The first-order chi connectivity index (χ1) is 11.1. The molecule has 2 amide bonds. The van der Waals surface area contributed by atoms with Crippen LogP contribution in [0.2, 0.25) is 0 Å². The fourth-order valence-corrected chi connectivity index (χ4v) is 2.58. The van der Waals surface area contributed by atoms with Crippen LogP contribution in [0, 0.1) is 0 Å². The van der Waals surface area contributed by atoms with Crippen LogP contribution in [0.15, 0.2) is 45.5 Å². The lowest BCUT2D eigenvalue weighted by atomic mass is 10.2. The molecule has 6 nitrogen and oxygen atoms in total. The highest BCUT2D eigenvalue weighted by Gasteiger charge is 2.23. The third-order valence-electron chi connectivity index (χ3n) is 3.43. The lowest BCUT2D eigenvalue weighted by Gasteiger charge is -2.11. The van der Waals surface area contributed by atoms with Crippen LogP contribution in [0.25, 0.3) is 0 Å². The number of hydrogen-bond acceptors (Lipinski definition) is 4. The Kier molecular flexibility index (Phi) is 4.78. The summed E-state index contributed by atoms with van der Waals surface area (Å²) >= 11 is 3.15. The van der Waals surface area contributed by atoms with Crippen molar-refractivity contribution < 1.29 is 18.7 Å². The number of rotatable bonds is 4. The second-order valence-corrected chi connectivity index (χ2v) is 5.91. The fraction of sp³-hybridized carbons (Fsp3) is 0.250. The number of carbonyl (C=O) groups excluding carboxylic acids is 2. The number of anilines is 2. The van der Waals surface area contributed by atoms with E-state index in [0.717, 1.165) is 12.8 Å². The van der Waals surface area contributed by atoms with Crippen LogP contribution in [0.1, 0.15) is 23.4 Å². The first kappa shape index (κ1) is 15.8. The molecule has 1 atom stereocenters. The second-order valence-electron chi connectivity index (χ2n) is 5.13. The molecule has 1 aromatic carbocycles. The van der Waals surface area contributed by atoms with E-state index in [9.17, 15) is 9.59 Å². The number of furan rings is 1. The van der Waals surface area contributed by atoms with E-state index in [-0.39, 0.29) is 23.7 Å². The Labute approximate surface area is 141 Å². The van der Waals surface area contributed by atoms with Gasteiger partial charge in [-0.15, -0.1) is 0 Å². The molecule has 120 valence electrons. The minimum Gasteiger partial charge on any atom is -0.444 e. The van der Waals surface area contributed by atoms with E-state index in [2.05, 4.69) is 26.6 Å². The molecule has 23 heavy (non-hydrogen) atoms. The van der Waals surface area contributed by atoms with Crippen molar-refractivity contribution >= 4 is 39.1 Å². The van der Waals surface area contributed by atoms with Crippen molar-refractivity contribution in [2.24, 2.45) is 0 Å². The Bertz CT molecular complexity index is 705. The second kappa shape index (κ2) is 6.97. The van der Waals surface area contributed by atoms with Crippen LogP contribution < -0.4 is 10.6 Å². The van der Waals surface area contributed by atoms with Gasteiger partial charge in [-0.25, -0.2) is 0 Å². The van der Waals surface area contributed by atoms with Crippen molar-refractivity contribution in [2.75, 3.05) is 17.2 Å². The monoisotopic (exact) mass is 378 g/mol. The molecule has 1 fully saturated rings. The molecule has 1 saturated heterocycles. The Balaban J connectivity index is 1.58. The lowest BCUT2D eigenvalue weighted by Crippen LogP contribution is -2.26. The predicted octanol–water partition coefficient (Wildman–Crippen LogP) is 3.41. The van der Waals surface area contributed by atoms with E-state index in [4.69, 9.17) is 9.15 Å². The van der Waals surface area contributed by atoms with E-state index in [1.165, 1.54) is 0 Å². The van der Waals surface area contributed by atoms with Gasteiger partial charge in [0.1, 0.15) is 6.10 Å². The molecule has 1 aliphatic heterocycles. The summed E-state index contributed by atoms with van der Waals surface area (Å²) in [5, 5.41) is 5.51. The van der Waals surface area contributed by atoms with E-state index in [1.54, 1.807) is 36.4 Å². The number of ether oxygens (including phenoxy) is 1. The zero-order valence-corrected chi connectivity index (χ0v) is 13.8. The number of nitrogens with one attached hydrogen (secondary N) is 2. The highest BCUT2D eigenvalue weighted by molar-refractivity contribution is 9.10. The average Bonchev–Trinajstić information content (AvgIpc) is 3.20. The van der Waals surface area contributed by atoms with Crippen molar-refractivity contribution in [3.8, 4) is 0 Å². The summed E-state index contributed by atoms with van der Waals surface area (Å²) in [6.45, 7) is 0.631. The maximum Gasteiger partial charge on any atom is 0.291 e. The van der Waals surface area contributed by atoms with Crippen LogP contribution in [0.3, 0.4) is 0 Å². The average molecular weight is 379 g/mol. The third-order valence-corrected chi connectivity index (χ3v) is 3.86. The highest BCUT2D eigenvalue weighted by Crippen LogP contribution is 2.19. The van der Waals surface area contributed by atoms with Gasteiger partial charge in [0.2, 0.25) is 0 Å². The van der Waals surface area contributed by atoms with E-state index < -0.39 is 0 Å². The van der Waals surface area contributed by atoms with Gasteiger partial charge in [-0.3, -0.25) is 9.59 Å². The van der Waals surface area contributed by atoms with E-state index in [1.807, 2.05) is 0 Å². The summed E-state index contributed by atoms with van der Waals surface area (Å²) in [6, 6.07) is 10.1. The Morgan fingerprint density at radius 1 is 1.04 bits per heavy atom. The molecule has 0 saturated carbocycles. The van der Waals surface area contributed by atoms with Gasteiger partial charge in [-0.05, 0) is 65.2 Å². The summed E-state index contributed by atoms with van der Waals surface area (Å²) in [4.78, 5) is 23.9. The number of carbonyl (C=O) groups is 2. The molecular formula is C16H15BrN2O4. The number of hydrogen-bond donors (Lipinski definition) is 2. The van der Waals surface area contributed by atoms with Crippen LogP contribution >= 0.6 is 15.9 Å². The minimum atomic E-state index is -0.369. The van der Waals surface area contributed by atoms with Crippen LogP contribution in [0.4, 0.5) is 11.4 Å². The number of halogens is 1. The standard InChI is InChI=1S/C16H15BrN2O4/c17-14-8-7-13(23-14)16(21)19-11-5-3-10(4-6-11)18-15(20)12-2-1-9-22-12/h3-8,12H,1-2,9H2,(H,18,20)(H,19,21). The summed E-state index contributed by atoms with van der Waals surface area (Å²) in [5.41, 5.74) is 1.27. The lowest BCUT2D eigenvalue weighted by molar-refractivity contribution is -0.124. The molecule has 7 heteroatoms. The molecule has 3 rings (SSSR count). The topological polar surface area (TPSA) is 80.6 Å². The minimum absolute atomic E-state index is 0.139. The maximum absolute atomic E-state index is 12.0. The molecule has 1 unspecified atom stereocenters. The maximum atomic E-state index is 12.0. The first-order valence-corrected chi connectivity index (χ1v) is 8.00. The smallest absolute Gasteiger partial charge is 0.291 e. The molecule has 2 N–H and O–H groups in total. The van der Waals surface area contributed by atoms with Gasteiger partial charge in [0.25, 0.3) is 11.8 Å². The van der Waals surface area contributed by atoms with Gasteiger partial charge in [0, 0.05) is 18.0 Å². The van der Waals surface area contributed by atoms with Gasteiger partial charge in [0.15, 0.2) is 10.4 Å². The van der Waals surface area contributed by atoms with Gasteiger partial charge in [-0.1, -0.05) is 0 Å². The van der Waals surface area contributed by atoms with Crippen molar-refractivity contribution in [2.45, 2.75) is 18.9 Å². The summed E-state index contributed by atoms with van der Waals surface area (Å²) < 4.78 is 11.0. The van der Waals surface area contributed by atoms with Gasteiger partial charge >= 0.3 is 0 Å². The Hall–Kier alpha value is -2.12. The van der Waals surface area contributed by atoms with Crippen molar-refractivity contribution in [1.29, 1.82) is 0 Å². The van der Waals surface area contributed by atoms with Crippen LogP contribution in [0.5, 0.6) is 0 Å². The predicted molar refractivity (Wildman–Crippen MR) is 88.4 cm³/mol. The van der Waals surface area contributed by atoms with Gasteiger partial charge in [-0.2, -0.15) is 0 Å². The molecule has 1 aliphatic rings. The number of benzene rings is 1. The van der Waals surface area contributed by atoms with Crippen molar-refractivity contribution in [3.05, 3.63) is 46.8 Å². The molecule has 0 bridgehead atoms. The zero-order chi connectivity index (χ0) is 16.2.